The maximum atomic E-state index is 10.2. The molecule has 0 amide bonds. The van der Waals surface area contributed by atoms with E-state index in [1.165, 1.54) is 6.07 Å². The molecule has 0 aromatic heterocycles. The van der Waals surface area contributed by atoms with Crippen molar-refractivity contribution in [1.82, 2.24) is 0 Å². The van der Waals surface area contributed by atoms with Gasteiger partial charge >= 0.3 is 0 Å². The Morgan fingerprint density at radius 3 is 2.00 bits per heavy atom. The molecule has 1 N–H and O–H groups in total. The van der Waals surface area contributed by atoms with Crippen LogP contribution in [0.5, 0.6) is 0 Å². The van der Waals surface area contributed by atoms with E-state index in [4.69, 9.17) is 5.11 Å². The van der Waals surface area contributed by atoms with Gasteiger partial charge in [0, 0.05) is 11.6 Å². The van der Waals surface area contributed by atoms with Crippen LogP contribution >= 0.6 is 0 Å². The van der Waals surface area contributed by atoms with E-state index in [0.717, 1.165) is 5.56 Å². The Morgan fingerprint density at radius 2 is 1.61 bits per heavy atom. The van der Waals surface area contributed by atoms with Crippen molar-refractivity contribution in [3.05, 3.63) is 75.8 Å². The van der Waals surface area contributed by atoms with Crippen LogP contribution in [0, 0.1) is 17.0 Å². The summed E-state index contributed by atoms with van der Waals surface area (Å²) in [5.74, 6) is 0. The number of aliphatic hydroxyl groups excluding tert-OH is 1. The van der Waals surface area contributed by atoms with Gasteiger partial charge in [-0.15, -0.1) is 0 Å². The van der Waals surface area contributed by atoms with E-state index in [2.05, 4.69) is 0 Å². The zero-order chi connectivity index (χ0) is 13.4. The highest BCUT2D eigenvalue weighted by Gasteiger charge is 2.05. The molecule has 2 aromatic rings. The van der Waals surface area contributed by atoms with Gasteiger partial charge in [-0.25, -0.2) is 0 Å². The molecule has 0 aliphatic carbocycles. The second-order valence-electron chi connectivity index (χ2n) is 3.69. The van der Waals surface area contributed by atoms with Gasteiger partial charge in [-0.2, -0.15) is 0 Å². The first-order valence-electron chi connectivity index (χ1n) is 5.50. The molecule has 0 saturated heterocycles. The van der Waals surface area contributed by atoms with Crippen LogP contribution < -0.4 is 0 Å². The van der Waals surface area contributed by atoms with Gasteiger partial charge in [-0.05, 0) is 12.5 Å². The predicted molar refractivity (Wildman–Crippen MR) is 70.2 cm³/mol. The maximum absolute atomic E-state index is 10.2. The third kappa shape index (κ3) is 4.35. The quantitative estimate of drug-likeness (QED) is 0.653. The van der Waals surface area contributed by atoms with Crippen molar-refractivity contribution >= 4 is 5.69 Å². The first-order chi connectivity index (χ1) is 8.65. The molecule has 2 aromatic carbocycles. The molecule has 2 rings (SSSR count). The lowest BCUT2D eigenvalue weighted by molar-refractivity contribution is -0.385. The third-order valence-corrected chi connectivity index (χ3v) is 2.34. The summed E-state index contributed by atoms with van der Waals surface area (Å²) in [5.41, 5.74) is 1.85. The molecule has 0 radical (unpaired) electrons. The number of hydrogen-bond donors (Lipinski definition) is 1. The average Bonchev–Trinajstić information content (AvgIpc) is 2.40. The molecule has 0 spiro atoms. The lowest BCUT2D eigenvalue weighted by Gasteiger charge is -1.92. The molecule has 18 heavy (non-hydrogen) atoms. The van der Waals surface area contributed by atoms with Crippen molar-refractivity contribution in [2.75, 3.05) is 0 Å². The van der Waals surface area contributed by atoms with E-state index in [1.807, 2.05) is 30.3 Å². The van der Waals surface area contributed by atoms with E-state index in [0.29, 0.717) is 5.56 Å². The first kappa shape index (κ1) is 13.9. The number of rotatable bonds is 2. The monoisotopic (exact) mass is 245 g/mol. The summed E-state index contributed by atoms with van der Waals surface area (Å²) in [5, 5.41) is 18.8. The van der Waals surface area contributed by atoms with E-state index in [-0.39, 0.29) is 17.2 Å². The minimum atomic E-state index is -0.380. The minimum Gasteiger partial charge on any atom is -0.392 e. The number of aryl methyl sites for hydroxylation is 1. The van der Waals surface area contributed by atoms with Crippen molar-refractivity contribution in [2.45, 2.75) is 13.5 Å². The number of hydrogen-bond acceptors (Lipinski definition) is 3. The second kappa shape index (κ2) is 7.19. The van der Waals surface area contributed by atoms with Crippen LogP contribution in [0.25, 0.3) is 0 Å². The lowest BCUT2D eigenvalue weighted by atomic mass is 10.2. The van der Waals surface area contributed by atoms with Gasteiger partial charge < -0.3 is 5.11 Å². The van der Waals surface area contributed by atoms with Crippen LogP contribution in [-0.2, 0) is 6.61 Å². The Kier molecular flexibility index (Phi) is 5.54. The van der Waals surface area contributed by atoms with Crippen molar-refractivity contribution in [2.24, 2.45) is 0 Å². The number of nitro groups is 1. The van der Waals surface area contributed by atoms with Gasteiger partial charge in [-0.3, -0.25) is 10.1 Å². The first-order valence-corrected chi connectivity index (χ1v) is 5.50. The SMILES string of the molecule is Cc1ccccc1[N+](=O)[O-].OCc1ccccc1. The normalized spacial score (nSPS) is 9.22. The van der Waals surface area contributed by atoms with Crippen molar-refractivity contribution < 1.29 is 10.0 Å². The number of benzene rings is 2. The molecule has 0 bridgehead atoms. The zero-order valence-electron chi connectivity index (χ0n) is 10.1. The van der Waals surface area contributed by atoms with Crippen molar-refractivity contribution in [3.8, 4) is 0 Å². The fourth-order valence-electron chi connectivity index (χ4n) is 1.35. The van der Waals surface area contributed by atoms with Crippen LogP contribution in [0.4, 0.5) is 5.69 Å². The standard InChI is InChI=1S/C7H7NO2.C7H8O/c1-6-4-2-3-5-7(6)8(9)10;8-6-7-4-2-1-3-5-7/h2-5H,1H3;1-5,8H,6H2. The molecular weight excluding hydrogens is 230 g/mol. The Hall–Kier alpha value is -2.20. The Labute approximate surface area is 106 Å². The molecule has 0 fully saturated rings. The van der Waals surface area contributed by atoms with Crippen LogP contribution in [0.2, 0.25) is 0 Å². The summed E-state index contributed by atoms with van der Waals surface area (Å²) >= 11 is 0. The van der Waals surface area contributed by atoms with Crippen LogP contribution in [0.1, 0.15) is 11.1 Å². The van der Waals surface area contributed by atoms with Gasteiger partial charge in [0.05, 0.1) is 11.5 Å². The highest BCUT2D eigenvalue weighted by molar-refractivity contribution is 5.38. The highest BCUT2D eigenvalue weighted by atomic mass is 16.6. The summed E-state index contributed by atoms with van der Waals surface area (Å²) in [7, 11) is 0. The zero-order valence-corrected chi connectivity index (χ0v) is 10.1. The Balaban J connectivity index is 0.000000184. The van der Waals surface area contributed by atoms with Crippen molar-refractivity contribution in [3.63, 3.8) is 0 Å². The molecule has 0 heterocycles. The molecule has 0 unspecified atom stereocenters. The Bertz CT molecular complexity index is 497. The van der Waals surface area contributed by atoms with Crippen LogP contribution in [0.15, 0.2) is 54.6 Å². The third-order valence-electron chi connectivity index (χ3n) is 2.34. The van der Waals surface area contributed by atoms with Gasteiger partial charge in [0.2, 0.25) is 0 Å². The maximum Gasteiger partial charge on any atom is 0.272 e. The van der Waals surface area contributed by atoms with E-state index >= 15 is 0 Å². The summed E-state index contributed by atoms with van der Waals surface area (Å²) in [4.78, 5) is 9.85. The topological polar surface area (TPSA) is 63.4 Å². The minimum absolute atomic E-state index is 0.140. The summed E-state index contributed by atoms with van der Waals surface area (Å²) in [6.45, 7) is 1.86. The smallest absolute Gasteiger partial charge is 0.272 e. The molecule has 4 nitrogen and oxygen atoms in total. The van der Waals surface area contributed by atoms with Crippen LogP contribution in [0.3, 0.4) is 0 Å². The fourth-order valence-corrected chi connectivity index (χ4v) is 1.35. The molecule has 0 aliphatic heterocycles. The molecular formula is C14H15NO3. The van der Waals surface area contributed by atoms with Gasteiger partial charge in [0.25, 0.3) is 5.69 Å². The number of para-hydroxylation sites is 1. The largest absolute Gasteiger partial charge is 0.392 e. The second-order valence-corrected chi connectivity index (χ2v) is 3.69. The van der Waals surface area contributed by atoms with Gasteiger partial charge in [-0.1, -0.05) is 48.5 Å². The van der Waals surface area contributed by atoms with Crippen LogP contribution in [-0.4, -0.2) is 10.0 Å². The van der Waals surface area contributed by atoms with E-state index in [9.17, 15) is 10.1 Å². The summed E-state index contributed by atoms with van der Waals surface area (Å²) in [6.07, 6.45) is 0. The number of nitro benzene ring substituents is 1. The van der Waals surface area contributed by atoms with Gasteiger partial charge in [0.1, 0.15) is 0 Å². The van der Waals surface area contributed by atoms with Crippen molar-refractivity contribution in [1.29, 1.82) is 0 Å². The molecule has 94 valence electrons. The highest BCUT2D eigenvalue weighted by Crippen LogP contribution is 2.14. The number of aliphatic hydroxyl groups is 1. The molecule has 4 heteroatoms. The molecule has 0 saturated carbocycles. The predicted octanol–water partition coefficient (Wildman–Crippen LogP) is 3.08. The van der Waals surface area contributed by atoms with Gasteiger partial charge in [0.15, 0.2) is 0 Å². The van der Waals surface area contributed by atoms with E-state index in [1.54, 1.807) is 25.1 Å². The number of nitrogens with zero attached hydrogens (tertiary/aromatic N) is 1. The average molecular weight is 245 g/mol. The molecule has 0 atom stereocenters. The van der Waals surface area contributed by atoms with E-state index < -0.39 is 0 Å². The fraction of sp³-hybridized carbons (Fsp3) is 0.143. The lowest BCUT2D eigenvalue weighted by Crippen LogP contribution is -1.89. The summed E-state index contributed by atoms with van der Waals surface area (Å²) in [6, 6.07) is 16.2. The Morgan fingerprint density at radius 1 is 1.06 bits per heavy atom. The molecule has 0 aliphatic rings. The summed E-state index contributed by atoms with van der Waals surface area (Å²) < 4.78 is 0.